The number of furan rings is 1. The van der Waals surface area contributed by atoms with Crippen LogP contribution >= 0.6 is 0 Å². The molecule has 0 spiro atoms. The third-order valence-electron chi connectivity index (χ3n) is 2.44. The summed E-state index contributed by atoms with van der Waals surface area (Å²) in [6.07, 6.45) is 6.18. The maximum absolute atomic E-state index is 11.5. The Balaban J connectivity index is 1.91. The average Bonchev–Trinajstić information content (AvgIpc) is 2.74. The van der Waals surface area contributed by atoms with Crippen molar-refractivity contribution in [1.29, 1.82) is 0 Å². The van der Waals surface area contributed by atoms with Gasteiger partial charge in [-0.25, -0.2) is 0 Å². The van der Waals surface area contributed by atoms with E-state index in [1.54, 1.807) is 12.1 Å². The molecule has 0 aromatic carbocycles. The largest absolute Gasteiger partial charge is 0.459 e. The molecule has 1 heterocycles. The third-order valence-corrected chi connectivity index (χ3v) is 2.44. The summed E-state index contributed by atoms with van der Waals surface area (Å²) in [6, 6.07) is 3.77. The van der Waals surface area contributed by atoms with E-state index < -0.39 is 0 Å². The first-order chi connectivity index (χ1) is 6.36. The number of nitrogens with one attached hydrogen (secondary N) is 1. The number of carbonyl (C=O) groups excluding carboxylic acids is 1. The third kappa shape index (κ3) is 1.91. The van der Waals surface area contributed by atoms with Crippen LogP contribution in [0.15, 0.2) is 22.8 Å². The van der Waals surface area contributed by atoms with E-state index in [4.69, 9.17) is 4.42 Å². The summed E-state index contributed by atoms with van der Waals surface area (Å²) in [5.41, 5.74) is 0. The summed E-state index contributed by atoms with van der Waals surface area (Å²) in [4.78, 5) is 11.5. The Morgan fingerprint density at radius 1 is 1.46 bits per heavy atom. The Hall–Kier alpha value is -1.25. The summed E-state index contributed by atoms with van der Waals surface area (Å²) in [7, 11) is 0. The van der Waals surface area contributed by atoms with Gasteiger partial charge < -0.3 is 9.73 Å². The standard InChI is InChI=1S/C10H13NO2/c12-10(9-6-3-7-13-9)11-8-4-1-2-5-8/h3,6-8H,1-2,4-5H2,(H,11,12). The maximum Gasteiger partial charge on any atom is 0.287 e. The van der Waals surface area contributed by atoms with Gasteiger partial charge in [0.05, 0.1) is 6.26 Å². The zero-order valence-corrected chi connectivity index (χ0v) is 7.45. The second kappa shape index (κ2) is 3.64. The highest BCUT2D eigenvalue weighted by molar-refractivity contribution is 5.91. The van der Waals surface area contributed by atoms with Gasteiger partial charge in [-0.15, -0.1) is 0 Å². The fraction of sp³-hybridized carbons (Fsp3) is 0.500. The van der Waals surface area contributed by atoms with Crippen molar-refractivity contribution in [3.05, 3.63) is 24.2 Å². The van der Waals surface area contributed by atoms with Gasteiger partial charge in [0.15, 0.2) is 5.76 Å². The molecule has 2 rings (SSSR count). The normalized spacial score (nSPS) is 17.5. The van der Waals surface area contributed by atoms with E-state index in [1.165, 1.54) is 19.1 Å². The highest BCUT2D eigenvalue weighted by Gasteiger charge is 2.18. The first-order valence-corrected chi connectivity index (χ1v) is 4.70. The smallest absolute Gasteiger partial charge is 0.287 e. The topological polar surface area (TPSA) is 42.2 Å². The molecule has 1 aromatic rings. The molecule has 1 aliphatic carbocycles. The quantitative estimate of drug-likeness (QED) is 0.754. The van der Waals surface area contributed by atoms with Crippen LogP contribution in [0.3, 0.4) is 0 Å². The van der Waals surface area contributed by atoms with E-state index in [9.17, 15) is 4.79 Å². The zero-order chi connectivity index (χ0) is 9.10. The van der Waals surface area contributed by atoms with Crippen LogP contribution in [-0.2, 0) is 0 Å². The molecular weight excluding hydrogens is 166 g/mol. The Kier molecular flexibility index (Phi) is 2.34. The molecule has 13 heavy (non-hydrogen) atoms. The van der Waals surface area contributed by atoms with E-state index in [0.29, 0.717) is 11.8 Å². The molecule has 0 radical (unpaired) electrons. The van der Waals surface area contributed by atoms with Gasteiger partial charge in [0.25, 0.3) is 5.91 Å². The first-order valence-electron chi connectivity index (χ1n) is 4.70. The monoisotopic (exact) mass is 179 g/mol. The zero-order valence-electron chi connectivity index (χ0n) is 7.45. The van der Waals surface area contributed by atoms with Gasteiger partial charge in [-0.2, -0.15) is 0 Å². The Morgan fingerprint density at radius 3 is 2.85 bits per heavy atom. The molecule has 1 fully saturated rings. The lowest BCUT2D eigenvalue weighted by atomic mass is 10.2. The molecule has 1 amide bonds. The minimum Gasteiger partial charge on any atom is -0.459 e. The first kappa shape index (κ1) is 8.35. The van der Waals surface area contributed by atoms with Crippen molar-refractivity contribution in [2.24, 2.45) is 0 Å². The Bertz CT molecular complexity index is 273. The molecule has 70 valence electrons. The van der Waals surface area contributed by atoms with Crippen molar-refractivity contribution in [3.8, 4) is 0 Å². The van der Waals surface area contributed by atoms with Gasteiger partial charge in [0, 0.05) is 6.04 Å². The van der Waals surface area contributed by atoms with E-state index in [0.717, 1.165) is 12.8 Å². The van der Waals surface area contributed by atoms with Crippen molar-refractivity contribution in [3.63, 3.8) is 0 Å². The number of carbonyl (C=O) groups is 1. The molecule has 3 nitrogen and oxygen atoms in total. The van der Waals surface area contributed by atoms with E-state index in [2.05, 4.69) is 5.32 Å². The molecule has 0 aliphatic heterocycles. The minimum atomic E-state index is -0.0862. The van der Waals surface area contributed by atoms with Gasteiger partial charge in [0.2, 0.25) is 0 Å². The van der Waals surface area contributed by atoms with Crippen molar-refractivity contribution in [2.75, 3.05) is 0 Å². The second-order valence-corrected chi connectivity index (χ2v) is 3.43. The van der Waals surface area contributed by atoms with Gasteiger partial charge in [-0.3, -0.25) is 4.79 Å². The van der Waals surface area contributed by atoms with Crippen LogP contribution < -0.4 is 5.32 Å². The molecule has 1 N–H and O–H groups in total. The minimum absolute atomic E-state index is 0.0862. The SMILES string of the molecule is O=C(NC1CCCC1)c1ccco1. The van der Waals surface area contributed by atoms with Crippen LogP contribution in [0.1, 0.15) is 36.2 Å². The van der Waals surface area contributed by atoms with Gasteiger partial charge in [-0.1, -0.05) is 12.8 Å². The molecule has 3 heteroatoms. The predicted molar refractivity (Wildman–Crippen MR) is 48.4 cm³/mol. The summed E-state index contributed by atoms with van der Waals surface area (Å²) in [5.74, 6) is 0.323. The average molecular weight is 179 g/mol. The van der Waals surface area contributed by atoms with Crippen LogP contribution in [0.5, 0.6) is 0 Å². The fourth-order valence-corrected chi connectivity index (χ4v) is 1.73. The second-order valence-electron chi connectivity index (χ2n) is 3.43. The number of hydrogen-bond donors (Lipinski definition) is 1. The van der Waals surface area contributed by atoms with Crippen molar-refractivity contribution in [1.82, 2.24) is 5.32 Å². The summed E-state index contributed by atoms with van der Waals surface area (Å²) >= 11 is 0. The molecule has 1 saturated carbocycles. The van der Waals surface area contributed by atoms with Gasteiger partial charge >= 0.3 is 0 Å². The lowest BCUT2D eigenvalue weighted by molar-refractivity contribution is 0.0910. The highest BCUT2D eigenvalue weighted by Crippen LogP contribution is 2.18. The van der Waals surface area contributed by atoms with Crippen LogP contribution in [0.2, 0.25) is 0 Å². The van der Waals surface area contributed by atoms with E-state index >= 15 is 0 Å². The summed E-state index contributed by atoms with van der Waals surface area (Å²) in [6.45, 7) is 0. The van der Waals surface area contributed by atoms with Crippen LogP contribution in [0, 0.1) is 0 Å². The molecule has 1 aromatic heterocycles. The number of rotatable bonds is 2. The van der Waals surface area contributed by atoms with Crippen LogP contribution in [0.25, 0.3) is 0 Å². The molecule has 0 bridgehead atoms. The number of amides is 1. The van der Waals surface area contributed by atoms with E-state index in [1.807, 2.05) is 0 Å². The maximum atomic E-state index is 11.5. The summed E-state index contributed by atoms with van der Waals surface area (Å²) in [5, 5.41) is 2.95. The molecule has 0 atom stereocenters. The molecular formula is C10H13NO2. The lowest BCUT2D eigenvalue weighted by Gasteiger charge is -2.09. The van der Waals surface area contributed by atoms with Crippen molar-refractivity contribution < 1.29 is 9.21 Å². The van der Waals surface area contributed by atoms with Crippen LogP contribution in [-0.4, -0.2) is 11.9 Å². The van der Waals surface area contributed by atoms with E-state index in [-0.39, 0.29) is 5.91 Å². The van der Waals surface area contributed by atoms with Gasteiger partial charge in [-0.05, 0) is 25.0 Å². The van der Waals surface area contributed by atoms with Crippen molar-refractivity contribution >= 4 is 5.91 Å². The van der Waals surface area contributed by atoms with Gasteiger partial charge in [0.1, 0.15) is 0 Å². The molecule has 0 unspecified atom stereocenters. The fourth-order valence-electron chi connectivity index (χ4n) is 1.73. The lowest BCUT2D eigenvalue weighted by Crippen LogP contribution is -2.32. The summed E-state index contributed by atoms with van der Waals surface area (Å²) < 4.78 is 4.99. The molecule has 0 saturated heterocycles. The Labute approximate surface area is 77.1 Å². The van der Waals surface area contributed by atoms with Crippen molar-refractivity contribution in [2.45, 2.75) is 31.7 Å². The molecule has 1 aliphatic rings. The highest BCUT2D eigenvalue weighted by atomic mass is 16.3. The van der Waals surface area contributed by atoms with Crippen LogP contribution in [0.4, 0.5) is 0 Å². The predicted octanol–water partition coefficient (Wildman–Crippen LogP) is 1.95. The Morgan fingerprint density at radius 2 is 2.23 bits per heavy atom. The number of hydrogen-bond acceptors (Lipinski definition) is 2.